The number of aliphatic hydroxyl groups is 1. The Morgan fingerprint density at radius 3 is 3.05 bits per heavy atom. The van der Waals surface area contributed by atoms with Crippen LogP contribution in [-0.2, 0) is 11.3 Å². The number of nitrogens with zero attached hydrogens (tertiary/aromatic N) is 2. The topological polar surface area (TPSA) is 93.2 Å². The highest BCUT2D eigenvalue weighted by Crippen LogP contribution is 2.23. The van der Waals surface area contributed by atoms with Crippen LogP contribution in [0.1, 0.15) is 25.7 Å². The van der Waals surface area contributed by atoms with Gasteiger partial charge in [-0.15, -0.1) is 0 Å². The van der Waals surface area contributed by atoms with E-state index in [4.69, 9.17) is 17.3 Å². The molecule has 0 saturated heterocycles. The Morgan fingerprint density at radius 1 is 1.60 bits per heavy atom. The van der Waals surface area contributed by atoms with Crippen LogP contribution in [0.25, 0.3) is 0 Å². The molecule has 2 rings (SSSR count). The van der Waals surface area contributed by atoms with E-state index in [0.29, 0.717) is 30.8 Å². The number of aryl methyl sites for hydroxylation is 1. The maximum atomic E-state index is 12.0. The number of aliphatic hydroxyl groups excluding tert-OH is 1. The van der Waals surface area contributed by atoms with E-state index in [0.717, 1.165) is 13.0 Å². The van der Waals surface area contributed by atoms with Crippen LogP contribution in [0.2, 0.25) is 5.02 Å². The normalized spacial score (nSPS) is 26.4. The van der Waals surface area contributed by atoms with E-state index >= 15 is 0 Å². The average molecular weight is 301 g/mol. The molecule has 7 heteroatoms. The lowest BCUT2D eigenvalue weighted by atomic mass is 9.84. The summed E-state index contributed by atoms with van der Waals surface area (Å²) in [7, 11) is 0. The Hall–Kier alpha value is -1.11. The predicted octanol–water partition coefficient (Wildman–Crippen LogP) is 0.531. The largest absolute Gasteiger partial charge is 0.392 e. The Balaban J connectivity index is 1.65. The minimum Gasteiger partial charge on any atom is -0.392 e. The minimum atomic E-state index is -0.469. The molecule has 6 nitrogen and oxygen atoms in total. The molecule has 3 atom stereocenters. The second kappa shape index (κ2) is 7.06. The van der Waals surface area contributed by atoms with Gasteiger partial charge in [-0.3, -0.25) is 9.48 Å². The molecule has 0 aliphatic heterocycles. The van der Waals surface area contributed by atoms with Crippen LogP contribution in [-0.4, -0.2) is 39.5 Å². The van der Waals surface area contributed by atoms with Gasteiger partial charge in [0.05, 0.1) is 17.3 Å². The first kappa shape index (κ1) is 15.3. The summed E-state index contributed by atoms with van der Waals surface area (Å²) in [6.45, 7) is 1.32. The van der Waals surface area contributed by atoms with Gasteiger partial charge in [0.15, 0.2) is 0 Å². The molecule has 20 heavy (non-hydrogen) atoms. The van der Waals surface area contributed by atoms with Crippen LogP contribution in [0.4, 0.5) is 0 Å². The number of carbonyl (C=O) groups excluding carboxylic acids is 1. The van der Waals surface area contributed by atoms with Crippen molar-refractivity contribution in [3.8, 4) is 0 Å². The molecule has 1 aromatic rings. The first-order chi connectivity index (χ1) is 9.56. The molecular formula is C13H21ClN4O2. The number of amides is 1. The van der Waals surface area contributed by atoms with Gasteiger partial charge in [0, 0.05) is 31.2 Å². The molecule has 1 aliphatic carbocycles. The molecule has 0 aromatic carbocycles. The number of hydrogen-bond donors (Lipinski definition) is 3. The fourth-order valence-corrected chi connectivity index (χ4v) is 2.64. The fourth-order valence-electron chi connectivity index (χ4n) is 2.49. The summed E-state index contributed by atoms with van der Waals surface area (Å²) in [5.41, 5.74) is 5.79. The molecule has 0 spiro atoms. The molecule has 1 amide bonds. The second-order valence-electron chi connectivity index (χ2n) is 5.31. The molecule has 1 aliphatic rings. The van der Waals surface area contributed by atoms with E-state index in [9.17, 15) is 9.90 Å². The summed E-state index contributed by atoms with van der Waals surface area (Å²) in [6.07, 6.45) is 5.54. The average Bonchev–Trinajstić information content (AvgIpc) is 2.83. The van der Waals surface area contributed by atoms with Crippen molar-refractivity contribution in [1.29, 1.82) is 0 Å². The monoisotopic (exact) mass is 300 g/mol. The first-order valence-electron chi connectivity index (χ1n) is 6.95. The molecule has 4 N–H and O–H groups in total. The molecule has 1 heterocycles. The zero-order valence-corrected chi connectivity index (χ0v) is 12.1. The van der Waals surface area contributed by atoms with Crippen molar-refractivity contribution in [1.82, 2.24) is 15.1 Å². The quantitative estimate of drug-likeness (QED) is 0.692. The number of halogens is 1. The number of hydrogen-bond acceptors (Lipinski definition) is 4. The van der Waals surface area contributed by atoms with Gasteiger partial charge in [-0.2, -0.15) is 5.10 Å². The van der Waals surface area contributed by atoms with Crippen LogP contribution in [0.3, 0.4) is 0 Å². The third-order valence-corrected chi connectivity index (χ3v) is 3.89. The zero-order chi connectivity index (χ0) is 14.5. The van der Waals surface area contributed by atoms with Crippen molar-refractivity contribution in [2.45, 2.75) is 44.4 Å². The predicted molar refractivity (Wildman–Crippen MR) is 76.2 cm³/mol. The molecule has 1 saturated carbocycles. The summed E-state index contributed by atoms with van der Waals surface area (Å²) >= 11 is 5.77. The molecule has 0 radical (unpaired) electrons. The maximum Gasteiger partial charge on any atom is 0.223 e. The molecule has 1 fully saturated rings. The van der Waals surface area contributed by atoms with E-state index in [1.807, 2.05) is 0 Å². The lowest BCUT2D eigenvalue weighted by Gasteiger charge is -2.30. The number of rotatable bonds is 5. The second-order valence-corrected chi connectivity index (χ2v) is 5.74. The van der Waals surface area contributed by atoms with Gasteiger partial charge in [-0.1, -0.05) is 11.6 Å². The van der Waals surface area contributed by atoms with Gasteiger partial charge in [-0.25, -0.2) is 0 Å². The minimum absolute atomic E-state index is 0.0332. The Kier molecular flexibility index (Phi) is 5.39. The summed E-state index contributed by atoms with van der Waals surface area (Å²) < 4.78 is 1.75. The maximum absolute atomic E-state index is 12.0. The van der Waals surface area contributed by atoms with E-state index in [1.165, 1.54) is 0 Å². The van der Waals surface area contributed by atoms with Crippen molar-refractivity contribution < 1.29 is 9.90 Å². The van der Waals surface area contributed by atoms with Gasteiger partial charge in [-0.05, 0) is 25.7 Å². The van der Waals surface area contributed by atoms with Crippen molar-refractivity contribution in [3.05, 3.63) is 17.4 Å². The van der Waals surface area contributed by atoms with Crippen molar-refractivity contribution in [2.24, 2.45) is 11.7 Å². The van der Waals surface area contributed by atoms with Gasteiger partial charge >= 0.3 is 0 Å². The van der Waals surface area contributed by atoms with Gasteiger partial charge in [0.1, 0.15) is 0 Å². The number of nitrogens with one attached hydrogen (secondary N) is 1. The smallest absolute Gasteiger partial charge is 0.223 e. The van der Waals surface area contributed by atoms with Crippen LogP contribution < -0.4 is 11.1 Å². The Labute approximate surface area is 123 Å². The molecule has 112 valence electrons. The highest BCUT2D eigenvalue weighted by molar-refractivity contribution is 6.30. The van der Waals surface area contributed by atoms with Crippen LogP contribution in [0, 0.1) is 5.92 Å². The lowest BCUT2D eigenvalue weighted by Crippen LogP contribution is -2.45. The van der Waals surface area contributed by atoms with E-state index in [1.54, 1.807) is 17.1 Å². The number of nitrogens with two attached hydrogens (primary N) is 1. The van der Waals surface area contributed by atoms with Crippen molar-refractivity contribution in [3.63, 3.8) is 0 Å². The van der Waals surface area contributed by atoms with E-state index in [-0.39, 0.29) is 17.9 Å². The van der Waals surface area contributed by atoms with Crippen molar-refractivity contribution >= 4 is 17.5 Å². The summed E-state index contributed by atoms with van der Waals surface area (Å²) in [5, 5.41) is 17.1. The van der Waals surface area contributed by atoms with Gasteiger partial charge < -0.3 is 16.2 Å². The molecule has 1 aromatic heterocycles. The van der Waals surface area contributed by atoms with E-state index in [2.05, 4.69) is 10.4 Å². The highest BCUT2D eigenvalue weighted by atomic mass is 35.5. The molecular weight excluding hydrogens is 280 g/mol. The number of aromatic nitrogens is 2. The summed E-state index contributed by atoms with van der Waals surface area (Å²) in [4.78, 5) is 12.0. The fraction of sp³-hybridized carbons (Fsp3) is 0.692. The van der Waals surface area contributed by atoms with E-state index < -0.39 is 6.10 Å². The van der Waals surface area contributed by atoms with Gasteiger partial charge in [0.25, 0.3) is 0 Å². The Morgan fingerprint density at radius 2 is 2.40 bits per heavy atom. The third-order valence-electron chi connectivity index (χ3n) is 3.70. The van der Waals surface area contributed by atoms with Crippen LogP contribution in [0.15, 0.2) is 12.4 Å². The summed E-state index contributed by atoms with van der Waals surface area (Å²) in [6, 6.07) is -0.286. The lowest BCUT2D eigenvalue weighted by molar-refractivity contribution is -0.126. The molecule has 0 bridgehead atoms. The van der Waals surface area contributed by atoms with Crippen molar-refractivity contribution in [2.75, 3.05) is 6.54 Å². The zero-order valence-electron chi connectivity index (χ0n) is 11.3. The SMILES string of the molecule is N[C@@H]1C[C@@H](C(=O)NCCCn2cc(Cl)cn2)CC[C@H]1O. The third kappa shape index (κ3) is 4.19. The summed E-state index contributed by atoms with van der Waals surface area (Å²) in [5.74, 6) is -0.0432. The number of carbonyl (C=O) groups is 1. The van der Waals surface area contributed by atoms with Crippen LogP contribution >= 0.6 is 11.6 Å². The first-order valence-corrected chi connectivity index (χ1v) is 7.33. The van der Waals surface area contributed by atoms with Gasteiger partial charge in [0.2, 0.25) is 5.91 Å². The standard InChI is InChI=1S/C13H21ClN4O2/c14-10-7-17-18(8-10)5-1-4-16-13(20)9-2-3-12(19)11(15)6-9/h7-9,11-12,19H,1-6,15H2,(H,16,20)/t9-,11+,12+/m0/s1. The van der Waals surface area contributed by atoms with Crippen LogP contribution in [0.5, 0.6) is 0 Å². The molecule has 0 unspecified atom stereocenters. The highest BCUT2D eigenvalue weighted by Gasteiger charge is 2.30. The Bertz CT molecular complexity index is 451.